The summed E-state index contributed by atoms with van der Waals surface area (Å²) in [5.41, 5.74) is 8.93. The number of halogens is 2. The average molecular weight is 300 g/mol. The Labute approximate surface area is 128 Å². The molecule has 1 unspecified atom stereocenters. The fraction of sp³-hybridized carbons (Fsp3) is 0.111. The van der Waals surface area contributed by atoms with Crippen LogP contribution in [0.5, 0.6) is 0 Å². The number of nitrogens with two attached hydrogens (primary N) is 1. The van der Waals surface area contributed by atoms with E-state index in [1.807, 2.05) is 49.4 Å². The first kappa shape index (κ1) is 14.1. The lowest BCUT2D eigenvalue weighted by Crippen LogP contribution is -2.13. The molecule has 0 spiro atoms. The largest absolute Gasteiger partial charge is 0.320 e. The van der Waals surface area contributed by atoms with Crippen molar-refractivity contribution in [2.75, 3.05) is 0 Å². The summed E-state index contributed by atoms with van der Waals surface area (Å²) in [4.78, 5) is 0. The van der Waals surface area contributed by atoms with Gasteiger partial charge in [0.15, 0.2) is 0 Å². The average Bonchev–Trinajstić information content (AvgIpc) is 2.46. The summed E-state index contributed by atoms with van der Waals surface area (Å²) in [6.45, 7) is 1.86. The topological polar surface area (TPSA) is 26.0 Å². The van der Waals surface area contributed by atoms with Gasteiger partial charge in [-0.3, -0.25) is 0 Å². The predicted octanol–water partition coefficient (Wildman–Crippen LogP) is 4.99. The van der Waals surface area contributed by atoms with Gasteiger partial charge in [-0.15, -0.1) is 0 Å². The zero-order valence-electron chi connectivity index (χ0n) is 11.6. The van der Waals surface area contributed by atoms with E-state index in [9.17, 15) is 4.39 Å². The Kier molecular flexibility index (Phi) is 3.66. The summed E-state index contributed by atoms with van der Waals surface area (Å²) in [6.07, 6.45) is 0. The maximum atomic E-state index is 13.6. The second-order valence-electron chi connectivity index (χ2n) is 5.22. The molecular weight excluding hydrogens is 285 g/mol. The molecular formula is C18H15ClFN. The molecule has 21 heavy (non-hydrogen) atoms. The predicted molar refractivity (Wildman–Crippen MR) is 86.1 cm³/mol. The lowest BCUT2D eigenvalue weighted by atomic mass is 9.93. The van der Waals surface area contributed by atoms with Crippen molar-refractivity contribution in [1.29, 1.82) is 0 Å². The molecule has 0 aliphatic heterocycles. The van der Waals surface area contributed by atoms with E-state index in [-0.39, 0.29) is 11.9 Å². The van der Waals surface area contributed by atoms with Gasteiger partial charge in [-0.25, -0.2) is 4.39 Å². The van der Waals surface area contributed by atoms with Crippen molar-refractivity contribution in [3.8, 4) is 0 Å². The fourth-order valence-electron chi connectivity index (χ4n) is 2.68. The Balaban J connectivity index is 2.18. The quantitative estimate of drug-likeness (QED) is 0.709. The summed E-state index contributed by atoms with van der Waals surface area (Å²) in [5.74, 6) is -0.265. The lowest BCUT2D eigenvalue weighted by molar-refractivity contribution is 0.622. The Bertz CT molecular complexity index is 793. The van der Waals surface area contributed by atoms with E-state index in [2.05, 4.69) is 0 Å². The second kappa shape index (κ2) is 5.47. The van der Waals surface area contributed by atoms with Gasteiger partial charge in [-0.2, -0.15) is 0 Å². The van der Waals surface area contributed by atoms with Gasteiger partial charge in [-0.05, 0) is 47.2 Å². The first-order chi connectivity index (χ1) is 10.1. The van der Waals surface area contributed by atoms with Crippen LogP contribution >= 0.6 is 11.6 Å². The number of aryl methyl sites for hydroxylation is 1. The number of benzene rings is 3. The van der Waals surface area contributed by atoms with Gasteiger partial charge in [0.1, 0.15) is 5.82 Å². The molecule has 1 atom stereocenters. The summed E-state index contributed by atoms with van der Waals surface area (Å²) in [6, 6.07) is 16.1. The summed E-state index contributed by atoms with van der Waals surface area (Å²) < 4.78 is 13.6. The van der Waals surface area contributed by atoms with Gasteiger partial charge >= 0.3 is 0 Å². The van der Waals surface area contributed by atoms with Gasteiger partial charge < -0.3 is 5.73 Å². The molecule has 106 valence electrons. The Morgan fingerprint density at radius 3 is 2.43 bits per heavy atom. The molecule has 3 aromatic carbocycles. The Morgan fingerprint density at radius 2 is 1.71 bits per heavy atom. The van der Waals surface area contributed by atoms with Crippen LogP contribution in [0.4, 0.5) is 4.39 Å². The normalized spacial score (nSPS) is 12.6. The highest BCUT2D eigenvalue weighted by molar-refractivity contribution is 6.35. The van der Waals surface area contributed by atoms with E-state index < -0.39 is 0 Å². The monoisotopic (exact) mass is 299 g/mol. The third-order valence-electron chi connectivity index (χ3n) is 3.66. The third-order valence-corrected chi connectivity index (χ3v) is 3.99. The highest BCUT2D eigenvalue weighted by Crippen LogP contribution is 2.32. The molecule has 3 heteroatoms. The zero-order valence-corrected chi connectivity index (χ0v) is 12.4. The minimum absolute atomic E-state index is 0.265. The van der Waals surface area contributed by atoms with Crippen LogP contribution in [-0.4, -0.2) is 0 Å². The molecule has 0 amide bonds. The summed E-state index contributed by atoms with van der Waals surface area (Å²) in [5, 5.41) is 2.65. The minimum atomic E-state index is -0.387. The standard InChI is InChI=1S/C18H15ClFN/c1-11-8-12(10-13(20)9-11)18(21)16-6-7-17(19)15-5-3-2-4-14(15)16/h2-10,18H,21H2,1H3. The van der Waals surface area contributed by atoms with Gasteiger partial charge in [0, 0.05) is 10.4 Å². The third kappa shape index (κ3) is 2.65. The SMILES string of the molecule is Cc1cc(F)cc(C(N)c2ccc(Cl)c3ccccc23)c1. The number of fused-ring (bicyclic) bond motifs is 1. The molecule has 0 radical (unpaired) electrons. The Morgan fingerprint density at radius 1 is 1.00 bits per heavy atom. The van der Waals surface area contributed by atoms with Crippen LogP contribution in [0.15, 0.2) is 54.6 Å². The van der Waals surface area contributed by atoms with Crippen molar-refractivity contribution in [1.82, 2.24) is 0 Å². The van der Waals surface area contributed by atoms with Crippen molar-refractivity contribution in [3.05, 3.63) is 82.1 Å². The molecule has 3 rings (SSSR count). The van der Waals surface area contributed by atoms with Crippen molar-refractivity contribution in [2.45, 2.75) is 13.0 Å². The molecule has 2 N–H and O–H groups in total. The Hall–Kier alpha value is -1.90. The van der Waals surface area contributed by atoms with Crippen LogP contribution in [0.2, 0.25) is 5.02 Å². The van der Waals surface area contributed by atoms with Crippen molar-refractivity contribution < 1.29 is 4.39 Å². The smallest absolute Gasteiger partial charge is 0.123 e. The van der Waals surface area contributed by atoms with Gasteiger partial charge in [-0.1, -0.05) is 48.0 Å². The number of rotatable bonds is 2. The highest BCUT2D eigenvalue weighted by Gasteiger charge is 2.14. The maximum Gasteiger partial charge on any atom is 0.123 e. The fourth-order valence-corrected chi connectivity index (χ4v) is 2.91. The highest BCUT2D eigenvalue weighted by atomic mass is 35.5. The minimum Gasteiger partial charge on any atom is -0.320 e. The van der Waals surface area contributed by atoms with Crippen molar-refractivity contribution in [2.24, 2.45) is 5.73 Å². The van der Waals surface area contributed by atoms with Crippen LogP contribution in [0, 0.1) is 12.7 Å². The lowest BCUT2D eigenvalue weighted by Gasteiger charge is -2.16. The molecule has 1 nitrogen and oxygen atoms in total. The van der Waals surface area contributed by atoms with E-state index in [4.69, 9.17) is 17.3 Å². The molecule has 3 aromatic rings. The van der Waals surface area contributed by atoms with Gasteiger partial charge in [0.25, 0.3) is 0 Å². The molecule has 0 aliphatic carbocycles. The van der Waals surface area contributed by atoms with Crippen molar-refractivity contribution in [3.63, 3.8) is 0 Å². The van der Waals surface area contributed by atoms with Crippen LogP contribution in [0.3, 0.4) is 0 Å². The first-order valence-corrected chi connectivity index (χ1v) is 7.14. The maximum absolute atomic E-state index is 13.6. The second-order valence-corrected chi connectivity index (χ2v) is 5.63. The number of hydrogen-bond donors (Lipinski definition) is 1. The molecule has 0 aliphatic rings. The van der Waals surface area contributed by atoms with E-state index in [0.717, 1.165) is 27.5 Å². The molecule has 0 aromatic heterocycles. The summed E-state index contributed by atoms with van der Waals surface area (Å²) >= 11 is 6.23. The van der Waals surface area contributed by atoms with Gasteiger partial charge in [0.2, 0.25) is 0 Å². The molecule has 0 saturated carbocycles. The van der Waals surface area contributed by atoms with Gasteiger partial charge in [0.05, 0.1) is 6.04 Å². The van der Waals surface area contributed by atoms with Crippen LogP contribution in [0.25, 0.3) is 10.8 Å². The molecule has 0 fully saturated rings. The molecule has 0 bridgehead atoms. The van der Waals surface area contributed by atoms with E-state index in [0.29, 0.717) is 5.02 Å². The molecule has 0 heterocycles. The van der Waals surface area contributed by atoms with Crippen molar-refractivity contribution >= 4 is 22.4 Å². The first-order valence-electron chi connectivity index (χ1n) is 6.76. The number of hydrogen-bond acceptors (Lipinski definition) is 1. The zero-order chi connectivity index (χ0) is 15.0. The van der Waals surface area contributed by atoms with Crippen LogP contribution in [0.1, 0.15) is 22.7 Å². The van der Waals surface area contributed by atoms with Crippen LogP contribution in [-0.2, 0) is 0 Å². The summed E-state index contributed by atoms with van der Waals surface area (Å²) in [7, 11) is 0. The van der Waals surface area contributed by atoms with E-state index in [1.165, 1.54) is 12.1 Å². The van der Waals surface area contributed by atoms with E-state index >= 15 is 0 Å². The van der Waals surface area contributed by atoms with E-state index in [1.54, 1.807) is 0 Å². The van der Waals surface area contributed by atoms with Crippen LogP contribution < -0.4 is 5.73 Å². The molecule has 0 saturated heterocycles.